The Bertz CT molecular complexity index is 1690. The van der Waals surface area contributed by atoms with Gasteiger partial charge in [0.15, 0.2) is 12.2 Å². The van der Waals surface area contributed by atoms with Crippen LogP contribution >= 0.6 is 15.6 Å². The van der Waals surface area contributed by atoms with Gasteiger partial charge in [-0.1, -0.05) is 286 Å². The summed E-state index contributed by atoms with van der Waals surface area (Å²) in [5.74, 6) is -0.565. The summed E-state index contributed by atoms with van der Waals surface area (Å²) in [6, 6.07) is 0. The van der Waals surface area contributed by atoms with Crippen LogP contribution in [0.1, 0.15) is 337 Å². The van der Waals surface area contributed by atoms with E-state index in [1.807, 2.05) is 0 Å². The van der Waals surface area contributed by atoms with Crippen LogP contribution in [-0.2, 0) is 65.4 Å². The third-order valence-corrected chi connectivity index (χ3v) is 17.7. The molecule has 0 aromatic rings. The van der Waals surface area contributed by atoms with Crippen LogP contribution in [-0.4, -0.2) is 96.7 Å². The van der Waals surface area contributed by atoms with Gasteiger partial charge in [0.25, 0.3) is 0 Å². The molecule has 3 unspecified atom stereocenters. The van der Waals surface area contributed by atoms with Crippen molar-refractivity contribution in [2.75, 3.05) is 39.6 Å². The summed E-state index contributed by atoms with van der Waals surface area (Å²) in [5.41, 5.74) is 0. The standard InChI is InChI=1S/C67H130O17P2/c1-7-10-12-14-29-37-43-49-64(69)77-55-62(83-66(71)51-45-39-30-15-13-11-8-2)57-81-85(73,74)79-53-61(68)54-80-86(75,76)82-58-63(56-78-65(70)50-44-38-34-28-31-35-41-47-59(4)5)84-67(72)52-46-40-33-27-25-23-21-19-17-16-18-20-22-24-26-32-36-42-48-60(6)9-3/h59-63,68H,7-58H2,1-6H3,(H,73,74)(H,75,76)/t60?,61-,62+,63+/m0/s1. The number of carbonyl (C=O) groups is 4. The molecule has 0 aromatic heterocycles. The minimum atomic E-state index is -4.95. The fourth-order valence-corrected chi connectivity index (χ4v) is 11.6. The zero-order valence-electron chi connectivity index (χ0n) is 55.6. The van der Waals surface area contributed by atoms with Crippen LogP contribution in [0.25, 0.3) is 0 Å². The van der Waals surface area contributed by atoms with Gasteiger partial charge < -0.3 is 33.8 Å². The molecule has 3 N–H and O–H groups in total. The van der Waals surface area contributed by atoms with Crippen molar-refractivity contribution in [2.45, 2.75) is 355 Å². The average molecular weight is 1270 g/mol. The van der Waals surface area contributed by atoms with Gasteiger partial charge in [0, 0.05) is 25.7 Å². The fraction of sp³-hybridized carbons (Fsp3) is 0.940. The summed E-state index contributed by atoms with van der Waals surface area (Å²) in [6.45, 7) is 9.44. The van der Waals surface area contributed by atoms with Crippen LogP contribution in [0, 0.1) is 11.8 Å². The van der Waals surface area contributed by atoms with Crippen molar-refractivity contribution in [3.05, 3.63) is 0 Å². The predicted octanol–water partition coefficient (Wildman–Crippen LogP) is 18.8. The van der Waals surface area contributed by atoms with E-state index in [2.05, 4.69) is 41.5 Å². The molecule has 17 nitrogen and oxygen atoms in total. The van der Waals surface area contributed by atoms with E-state index >= 15 is 0 Å². The van der Waals surface area contributed by atoms with E-state index in [9.17, 15) is 43.2 Å². The van der Waals surface area contributed by atoms with Gasteiger partial charge in [-0.2, -0.15) is 0 Å². The highest BCUT2D eigenvalue weighted by Gasteiger charge is 2.30. The molecule has 86 heavy (non-hydrogen) atoms. The third-order valence-electron chi connectivity index (χ3n) is 15.8. The van der Waals surface area contributed by atoms with E-state index in [1.54, 1.807) is 0 Å². The second-order valence-electron chi connectivity index (χ2n) is 24.9. The Morgan fingerprint density at radius 2 is 0.593 bits per heavy atom. The minimum Gasteiger partial charge on any atom is -0.462 e. The number of esters is 4. The van der Waals surface area contributed by atoms with Gasteiger partial charge in [0.2, 0.25) is 0 Å². The maximum absolute atomic E-state index is 13.0. The van der Waals surface area contributed by atoms with E-state index in [0.717, 1.165) is 128 Å². The first-order valence-corrected chi connectivity index (χ1v) is 38.0. The van der Waals surface area contributed by atoms with Gasteiger partial charge in [-0.3, -0.25) is 37.3 Å². The molecule has 0 aliphatic rings. The topological polar surface area (TPSA) is 237 Å². The highest BCUT2D eigenvalue weighted by atomic mass is 31.2. The lowest BCUT2D eigenvalue weighted by Crippen LogP contribution is -2.30. The maximum atomic E-state index is 13.0. The summed E-state index contributed by atoms with van der Waals surface area (Å²) in [4.78, 5) is 72.0. The summed E-state index contributed by atoms with van der Waals surface area (Å²) in [5, 5.41) is 10.5. The lowest BCUT2D eigenvalue weighted by molar-refractivity contribution is -0.161. The molecular weight excluding hydrogens is 1140 g/mol. The molecule has 6 atom stereocenters. The van der Waals surface area contributed by atoms with Gasteiger partial charge >= 0.3 is 39.5 Å². The van der Waals surface area contributed by atoms with Gasteiger partial charge in [-0.25, -0.2) is 9.13 Å². The van der Waals surface area contributed by atoms with Crippen molar-refractivity contribution >= 4 is 39.5 Å². The Balaban J connectivity index is 5.06. The molecule has 0 heterocycles. The predicted molar refractivity (Wildman–Crippen MR) is 345 cm³/mol. The number of unbranched alkanes of at least 4 members (excludes halogenated alkanes) is 35. The molecule has 0 aliphatic heterocycles. The quantitative estimate of drug-likeness (QED) is 0.0222. The Labute approximate surface area is 524 Å². The van der Waals surface area contributed by atoms with Crippen molar-refractivity contribution in [3.8, 4) is 0 Å². The summed E-state index contributed by atoms with van der Waals surface area (Å²) in [6.07, 6.45) is 43.6. The Hall–Kier alpha value is -1.94. The number of hydrogen-bond acceptors (Lipinski definition) is 15. The zero-order chi connectivity index (χ0) is 63.6. The molecule has 510 valence electrons. The first-order chi connectivity index (χ1) is 41.4. The molecule has 19 heteroatoms. The van der Waals surface area contributed by atoms with E-state index in [-0.39, 0.29) is 25.7 Å². The number of phosphoric acid groups is 2. The Morgan fingerprint density at radius 1 is 0.337 bits per heavy atom. The van der Waals surface area contributed by atoms with Crippen molar-refractivity contribution < 1.29 is 80.2 Å². The molecule has 0 saturated heterocycles. The molecule has 0 saturated carbocycles. The van der Waals surface area contributed by atoms with Gasteiger partial charge in [-0.05, 0) is 37.5 Å². The molecular formula is C67H130O17P2. The van der Waals surface area contributed by atoms with Crippen LogP contribution in [0.2, 0.25) is 0 Å². The minimum absolute atomic E-state index is 0.103. The SMILES string of the molecule is CCCCCCCCCC(=O)OC[C@H](COP(=O)(O)OC[C@H](O)COP(=O)(O)OC[C@@H](COC(=O)CCCCCCCCCC(C)C)OC(=O)CCCCCCCCCCCCCCCCCCCCC(C)CC)OC(=O)CCCCCCCCC. The summed E-state index contributed by atoms with van der Waals surface area (Å²) in [7, 11) is -9.88. The number of aliphatic hydroxyl groups excluding tert-OH is 1. The van der Waals surface area contributed by atoms with E-state index in [1.165, 1.54) is 122 Å². The highest BCUT2D eigenvalue weighted by Crippen LogP contribution is 2.45. The molecule has 0 aromatic carbocycles. The molecule has 0 fully saturated rings. The number of aliphatic hydroxyl groups is 1. The molecule has 0 amide bonds. The Kier molecular flexibility index (Phi) is 58.0. The summed E-state index contributed by atoms with van der Waals surface area (Å²) < 4.78 is 67.8. The molecule has 0 radical (unpaired) electrons. The number of rotatable bonds is 66. The van der Waals surface area contributed by atoms with Gasteiger partial charge in [0.1, 0.15) is 19.3 Å². The van der Waals surface area contributed by atoms with Crippen molar-refractivity contribution in [1.29, 1.82) is 0 Å². The van der Waals surface area contributed by atoms with Crippen LogP contribution in [0.4, 0.5) is 0 Å². The van der Waals surface area contributed by atoms with Crippen molar-refractivity contribution in [2.24, 2.45) is 11.8 Å². The zero-order valence-corrected chi connectivity index (χ0v) is 57.4. The molecule has 0 bridgehead atoms. The Morgan fingerprint density at radius 3 is 0.884 bits per heavy atom. The second kappa shape index (κ2) is 59.4. The first-order valence-electron chi connectivity index (χ1n) is 35.0. The monoisotopic (exact) mass is 1270 g/mol. The molecule has 0 spiro atoms. The van der Waals surface area contributed by atoms with Crippen LogP contribution in [0.3, 0.4) is 0 Å². The van der Waals surface area contributed by atoms with Crippen LogP contribution in [0.5, 0.6) is 0 Å². The lowest BCUT2D eigenvalue weighted by Gasteiger charge is -2.21. The smallest absolute Gasteiger partial charge is 0.462 e. The lowest BCUT2D eigenvalue weighted by atomic mass is 9.99. The van der Waals surface area contributed by atoms with E-state index < -0.39 is 97.5 Å². The average Bonchev–Trinajstić information content (AvgIpc) is 3.57. The fourth-order valence-electron chi connectivity index (χ4n) is 10.0. The molecule has 0 aliphatic carbocycles. The van der Waals surface area contributed by atoms with Crippen molar-refractivity contribution in [3.63, 3.8) is 0 Å². The number of phosphoric ester groups is 2. The third kappa shape index (κ3) is 59.7. The van der Waals surface area contributed by atoms with Gasteiger partial charge in [-0.15, -0.1) is 0 Å². The number of carbonyl (C=O) groups excluding carboxylic acids is 4. The number of hydrogen-bond donors (Lipinski definition) is 3. The first kappa shape index (κ1) is 84.1. The second-order valence-corrected chi connectivity index (χ2v) is 27.8. The van der Waals surface area contributed by atoms with E-state index in [4.69, 9.17) is 37.0 Å². The summed E-state index contributed by atoms with van der Waals surface area (Å²) >= 11 is 0. The molecule has 0 rings (SSSR count). The van der Waals surface area contributed by atoms with Crippen LogP contribution in [0.15, 0.2) is 0 Å². The largest absolute Gasteiger partial charge is 0.472 e. The van der Waals surface area contributed by atoms with Crippen molar-refractivity contribution in [1.82, 2.24) is 0 Å². The highest BCUT2D eigenvalue weighted by molar-refractivity contribution is 7.47. The van der Waals surface area contributed by atoms with Gasteiger partial charge in [0.05, 0.1) is 26.4 Å². The van der Waals surface area contributed by atoms with E-state index in [0.29, 0.717) is 31.6 Å². The normalized spacial score (nSPS) is 14.5. The maximum Gasteiger partial charge on any atom is 0.472 e. The van der Waals surface area contributed by atoms with Crippen LogP contribution < -0.4 is 0 Å². The number of ether oxygens (including phenoxy) is 4.